The molecule has 1 N–H and O–H groups in total. The molecule has 0 aliphatic carbocycles. The maximum absolute atomic E-state index is 10.6. The van der Waals surface area contributed by atoms with Gasteiger partial charge in [0, 0.05) is 12.8 Å². The molecule has 3 heteroatoms. The molecule has 0 amide bonds. The summed E-state index contributed by atoms with van der Waals surface area (Å²) in [5, 5.41) is 13.0. The Morgan fingerprint density at radius 3 is 1.93 bits per heavy atom. The van der Waals surface area contributed by atoms with Crippen molar-refractivity contribution in [2.75, 3.05) is 6.61 Å². The summed E-state index contributed by atoms with van der Waals surface area (Å²) < 4.78 is 6.76. The summed E-state index contributed by atoms with van der Waals surface area (Å²) in [5.41, 5.74) is 0. The Morgan fingerprint density at radius 2 is 1.46 bits per heavy atom. The van der Waals surface area contributed by atoms with Crippen LogP contribution in [0.2, 0.25) is 5.04 Å². The Hall–Kier alpha value is -1.86. The van der Waals surface area contributed by atoms with Gasteiger partial charge in [0.25, 0.3) is 8.32 Å². The van der Waals surface area contributed by atoms with Crippen LogP contribution in [-0.2, 0) is 4.43 Å². The molecule has 0 aliphatic rings. The third-order valence-corrected chi connectivity index (χ3v) is 10.1. The van der Waals surface area contributed by atoms with Crippen molar-refractivity contribution in [3.05, 3.63) is 60.7 Å². The van der Waals surface area contributed by atoms with E-state index in [1.165, 1.54) is 10.4 Å². The number of aliphatic hydroxyl groups is 1. The molecule has 0 aliphatic heterocycles. The van der Waals surface area contributed by atoms with Gasteiger partial charge in [-0.1, -0.05) is 88.4 Å². The number of rotatable bonds is 8. The highest BCUT2D eigenvalue weighted by Gasteiger charge is 2.50. The normalized spacial score (nSPS) is 12.9. The van der Waals surface area contributed by atoms with E-state index >= 15 is 0 Å². The fourth-order valence-corrected chi connectivity index (χ4v) is 8.30. The monoisotopic (exact) mass is 394 g/mol. The first-order valence-corrected chi connectivity index (χ1v) is 12.2. The van der Waals surface area contributed by atoms with Crippen LogP contribution in [0.4, 0.5) is 0 Å². The van der Waals surface area contributed by atoms with Crippen molar-refractivity contribution in [1.82, 2.24) is 0 Å². The smallest absolute Gasteiger partial charge is 0.261 e. The largest absolute Gasteiger partial charge is 0.405 e. The van der Waals surface area contributed by atoms with E-state index in [-0.39, 0.29) is 5.04 Å². The summed E-state index contributed by atoms with van der Waals surface area (Å²) in [6.45, 7) is 9.18. The molecule has 0 heterocycles. The van der Waals surface area contributed by atoms with Gasteiger partial charge in [-0.25, -0.2) is 0 Å². The van der Waals surface area contributed by atoms with Gasteiger partial charge in [-0.05, 0) is 28.3 Å². The van der Waals surface area contributed by atoms with Gasteiger partial charge in [-0.2, -0.15) is 0 Å². The Morgan fingerprint density at radius 1 is 0.929 bits per heavy atom. The van der Waals surface area contributed by atoms with Crippen molar-refractivity contribution < 1.29 is 9.53 Å². The van der Waals surface area contributed by atoms with Gasteiger partial charge in [0.05, 0.1) is 12.7 Å². The van der Waals surface area contributed by atoms with Gasteiger partial charge in [0.1, 0.15) is 0 Å². The topological polar surface area (TPSA) is 29.5 Å². The second-order valence-corrected chi connectivity index (χ2v) is 12.5. The molecule has 28 heavy (non-hydrogen) atoms. The average molecular weight is 395 g/mol. The fourth-order valence-electron chi connectivity index (χ4n) is 3.71. The zero-order valence-electron chi connectivity index (χ0n) is 17.7. The van der Waals surface area contributed by atoms with Crippen LogP contribution in [0, 0.1) is 11.8 Å². The Bertz CT molecular complexity index is 714. The average Bonchev–Trinajstić information content (AvgIpc) is 2.69. The van der Waals surface area contributed by atoms with Crippen molar-refractivity contribution >= 4 is 18.7 Å². The Labute approximate surface area is 172 Å². The van der Waals surface area contributed by atoms with Gasteiger partial charge < -0.3 is 9.53 Å². The Balaban J connectivity index is 2.27. The minimum absolute atomic E-state index is 0.0674. The number of aliphatic hydroxyl groups excluding tert-OH is 1. The van der Waals surface area contributed by atoms with Crippen LogP contribution in [0.25, 0.3) is 0 Å². The summed E-state index contributed by atoms with van der Waals surface area (Å²) in [5.74, 6) is 6.23. The van der Waals surface area contributed by atoms with Crippen LogP contribution < -0.4 is 10.4 Å². The molecule has 150 valence electrons. The van der Waals surface area contributed by atoms with Crippen molar-refractivity contribution in [3.63, 3.8) is 0 Å². The molecule has 0 fully saturated rings. The maximum atomic E-state index is 10.6. The number of hydrogen-bond donors (Lipinski definition) is 1. The maximum Gasteiger partial charge on any atom is 0.261 e. The highest BCUT2D eigenvalue weighted by molar-refractivity contribution is 6.99. The Kier molecular flexibility index (Phi) is 8.50. The zero-order chi connectivity index (χ0) is 20.5. The molecule has 0 radical (unpaired) electrons. The van der Waals surface area contributed by atoms with Gasteiger partial charge in [-0.15, -0.1) is 11.8 Å². The highest BCUT2D eigenvalue weighted by atomic mass is 28.4. The minimum Gasteiger partial charge on any atom is -0.405 e. The van der Waals surface area contributed by atoms with Crippen molar-refractivity contribution in [2.24, 2.45) is 0 Å². The molecule has 1 atom stereocenters. The quantitative estimate of drug-likeness (QED) is 0.406. The van der Waals surface area contributed by atoms with Gasteiger partial charge >= 0.3 is 0 Å². The van der Waals surface area contributed by atoms with Crippen molar-refractivity contribution in [3.8, 4) is 11.8 Å². The standard InChI is InChI=1S/C25H34O2Si/c1-5-6-7-8-11-16-22(26)21-27-28(25(2,3)4,23-17-12-9-13-18-23)24-19-14-10-15-20-24/h9-10,12-15,17-20,22,26H,5,8,11,16,21H2,1-4H3/t22-/m0/s1. The van der Waals surface area contributed by atoms with Crippen molar-refractivity contribution in [1.29, 1.82) is 0 Å². The molecule has 2 nitrogen and oxygen atoms in total. The first-order valence-electron chi connectivity index (χ1n) is 10.3. The summed E-state index contributed by atoms with van der Waals surface area (Å²) in [6.07, 6.45) is 2.88. The third kappa shape index (κ3) is 5.58. The van der Waals surface area contributed by atoms with Crippen LogP contribution in [-0.4, -0.2) is 26.1 Å². The first-order chi connectivity index (χ1) is 13.4. The van der Waals surface area contributed by atoms with Crippen LogP contribution in [0.1, 0.15) is 53.4 Å². The molecule has 0 saturated heterocycles. The number of benzene rings is 2. The fraction of sp³-hybridized carbons (Fsp3) is 0.440. The highest BCUT2D eigenvalue weighted by Crippen LogP contribution is 2.36. The summed E-state index contributed by atoms with van der Waals surface area (Å²) in [7, 11) is -2.56. The summed E-state index contributed by atoms with van der Waals surface area (Å²) >= 11 is 0. The van der Waals surface area contributed by atoms with E-state index in [1.54, 1.807) is 0 Å². The lowest BCUT2D eigenvalue weighted by Crippen LogP contribution is -2.67. The van der Waals surface area contributed by atoms with E-state index in [2.05, 4.69) is 88.1 Å². The molecule has 2 aromatic rings. The third-order valence-electron chi connectivity index (χ3n) is 5.05. The van der Waals surface area contributed by atoms with Crippen molar-refractivity contribution in [2.45, 2.75) is 64.5 Å². The first kappa shape index (κ1) is 22.4. The molecular weight excluding hydrogens is 360 g/mol. The number of unbranched alkanes of at least 4 members (excludes halogenated alkanes) is 1. The molecule has 0 unspecified atom stereocenters. The predicted octanol–water partition coefficient (Wildman–Crippen LogP) is 4.51. The van der Waals surface area contributed by atoms with Crippen LogP contribution in [0.15, 0.2) is 60.7 Å². The van der Waals surface area contributed by atoms with E-state index in [0.717, 1.165) is 25.7 Å². The lowest BCUT2D eigenvalue weighted by molar-refractivity contribution is 0.0937. The molecule has 0 bridgehead atoms. The SMILES string of the molecule is CCC#CCCC[C@H](O)CO[Si](c1ccccc1)(c1ccccc1)C(C)(C)C. The van der Waals surface area contributed by atoms with E-state index in [0.29, 0.717) is 6.61 Å². The molecule has 0 spiro atoms. The second-order valence-electron chi connectivity index (χ2n) is 8.23. The molecule has 2 aromatic carbocycles. The van der Waals surface area contributed by atoms with Crippen LogP contribution >= 0.6 is 0 Å². The molecule has 0 aromatic heterocycles. The zero-order valence-corrected chi connectivity index (χ0v) is 18.7. The van der Waals surface area contributed by atoms with Crippen LogP contribution in [0.5, 0.6) is 0 Å². The molecule has 0 saturated carbocycles. The van der Waals surface area contributed by atoms with E-state index < -0.39 is 14.4 Å². The number of hydrogen-bond acceptors (Lipinski definition) is 2. The van der Waals surface area contributed by atoms with Gasteiger partial charge in [0.15, 0.2) is 0 Å². The second kappa shape index (κ2) is 10.6. The lowest BCUT2D eigenvalue weighted by atomic mass is 10.1. The van der Waals surface area contributed by atoms with E-state index in [9.17, 15) is 5.11 Å². The van der Waals surface area contributed by atoms with E-state index in [4.69, 9.17) is 4.43 Å². The summed E-state index contributed by atoms with van der Waals surface area (Å²) in [6, 6.07) is 21.1. The molecular formula is C25H34O2Si. The minimum atomic E-state index is -2.56. The van der Waals surface area contributed by atoms with Crippen LogP contribution in [0.3, 0.4) is 0 Å². The lowest BCUT2D eigenvalue weighted by Gasteiger charge is -2.43. The van der Waals surface area contributed by atoms with Gasteiger partial charge in [0.2, 0.25) is 0 Å². The van der Waals surface area contributed by atoms with E-state index in [1.807, 2.05) is 12.1 Å². The summed E-state index contributed by atoms with van der Waals surface area (Å²) in [4.78, 5) is 0. The molecule has 2 rings (SSSR count). The predicted molar refractivity (Wildman–Crippen MR) is 121 cm³/mol. The van der Waals surface area contributed by atoms with Gasteiger partial charge in [-0.3, -0.25) is 0 Å².